The number of benzene rings is 2. The van der Waals surface area contributed by atoms with E-state index in [1.54, 1.807) is 0 Å². The van der Waals surface area contributed by atoms with Gasteiger partial charge in [0, 0.05) is 43.9 Å². The fourth-order valence-electron chi connectivity index (χ4n) is 4.08. The van der Waals surface area contributed by atoms with Crippen LogP contribution in [0.3, 0.4) is 0 Å². The maximum absolute atomic E-state index is 14.1. The van der Waals surface area contributed by atoms with Crippen LogP contribution in [0.4, 0.5) is 18.9 Å². The molecule has 2 aromatic rings. The zero-order chi connectivity index (χ0) is 22.5. The number of guanidine groups is 1. The molecule has 1 saturated heterocycles. The Bertz CT molecular complexity index is 986. The predicted octanol–water partition coefficient (Wildman–Crippen LogP) is 3.35. The molecule has 6 nitrogen and oxygen atoms in total. The van der Waals surface area contributed by atoms with Gasteiger partial charge in [-0.25, -0.2) is 13.2 Å². The molecule has 1 atom stereocenters. The summed E-state index contributed by atoms with van der Waals surface area (Å²) in [5.41, 5.74) is 1.87. The quantitative estimate of drug-likeness (QED) is 0.525. The molecule has 4 rings (SSSR count). The van der Waals surface area contributed by atoms with Crippen LogP contribution >= 0.6 is 0 Å². The first-order valence-corrected chi connectivity index (χ1v) is 10.8. The Balaban J connectivity index is 1.37. The number of anilines is 1. The Morgan fingerprint density at radius 1 is 1.19 bits per heavy atom. The van der Waals surface area contributed by atoms with Gasteiger partial charge in [0.05, 0.1) is 12.3 Å². The van der Waals surface area contributed by atoms with Crippen molar-refractivity contribution in [1.29, 1.82) is 0 Å². The van der Waals surface area contributed by atoms with Crippen molar-refractivity contribution in [1.82, 2.24) is 10.6 Å². The van der Waals surface area contributed by atoms with Crippen molar-refractivity contribution in [2.24, 2.45) is 4.99 Å². The maximum atomic E-state index is 14.1. The third kappa shape index (κ3) is 5.27. The Kier molecular flexibility index (Phi) is 7.04. The lowest BCUT2D eigenvalue weighted by Gasteiger charge is -2.21. The van der Waals surface area contributed by atoms with E-state index < -0.39 is 11.6 Å². The standard InChI is InChI=1S/C23H27F3N4O2/c1-2-27-23(28-7-5-15-9-18(25)10-16-13-31-14-32-22(15)16)29-19-6-8-30(12-19)21-4-3-17(24)11-20(21)26/h3-4,9-11,19H,2,5-8,12-14H2,1H3,(H2,27,28,29). The second-order valence-corrected chi connectivity index (χ2v) is 7.85. The number of ether oxygens (including phenoxy) is 2. The highest BCUT2D eigenvalue weighted by molar-refractivity contribution is 5.80. The average Bonchev–Trinajstić information content (AvgIpc) is 3.21. The Labute approximate surface area is 185 Å². The van der Waals surface area contributed by atoms with E-state index in [-0.39, 0.29) is 18.7 Å². The van der Waals surface area contributed by atoms with Crippen molar-refractivity contribution < 1.29 is 22.6 Å². The molecule has 1 unspecified atom stereocenters. The van der Waals surface area contributed by atoms with Crippen molar-refractivity contribution >= 4 is 11.6 Å². The first-order valence-electron chi connectivity index (χ1n) is 10.8. The predicted molar refractivity (Wildman–Crippen MR) is 116 cm³/mol. The molecule has 172 valence electrons. The van der Waals surface area contributed by atoms with Crippen LogP contribution in [0.2, 0.25) is 0 Å². The molecule has 0 saturated carbocycles. The molecule has 0 radical (unpaired) electrons. The van der Waals surface area contributed by atoms with Gasteiger partial charge in [0.25, 0.3) is 0 Å². The maximum Gasteiger partial charge on any atom is 0.191 e. The van der Waals surface area contributed by atoms with Gasteiger partial charge < -0.3 is 25.0 Å². The van der Waals surface area contributed by atoms with Gasteiger partial charge in [-0.05, 0) is 49.6 Å². The molecule has 0 aliphatic carbocycles. The molecule has 0 bridgehead atoms. The summed E-state index contributed by atoms with van der Waals surface area (Å²) in [6.07, 6.45) is 1.32. The van der Waals surface area contributed by atoms with E-state index in [1.165, 1.54) is 24.3 Å². The molecule has 9 heteroatoms. The van der Waals surface area contributed by atoms with Gasteiger partial charge in [-0.15, -0.1) is 0 Å². The summed E-state index contributed by atoms with van der Waals surface area (Å²) in [7, 11) is 0. The number of hydrogen-bond acceptors (Lipinski definition) is 4. The van der Waals surface area contributed by atoms with Crippen LogP contribution in [0.25, 0.3) is 0 Å². The summed E-state index contributed by atoms with van der Waals surface area (Å²) < 4.78 is 52.0. The van der Waals surface area contributed by atoms with Gasteiger partial charge in [-0.1, -0.05) is 0 Å². The third-order valence-electron chi connectivity index (χ3n) is 5.53. The number of fused-ring (bicyclic) bond motifs is 1. The Morgan fingerprint density at radius 2 is 2.06 bits per heavy atom. The highest BCUT2D eigenvalue weighted by atomic mass is 19.1. The van der Waals surface area contributed by atoms with E-state index in [1.807, 2.05) is 11.8 Å². The van der Waals surface area contributed by atoms with Gasteiger partial charge >= 0.3 is 0 Å². The van der Waals surface area contributed by atoms with Crippen LogP contribution < -0.4 is 20.3 Å². The summed E-state index contributed by atoms with van der Waals surface area (Å²) in [5.74, 6) is -0.135. The fraction of sp³-hybridized carbons (Fsp3) is 0.435. The van der Waals surface area contributed by atoms with Gasteiger partial charge in [-0.2, -0.15) is 0 Å². The number of halogens is 3. The number of nitrogens with one attached hydrogen (secondary N) is 2. The molecule has 2 N–H and O–H groups in total. The van der Waals surface area contributed by atoms with Crippen molar-refractivity contribution in [3.63, 3.8) is 0 Å². The molecule has 32 heavy (non-hydrogen) atoms. The van der Waals surface area contributed by atoms with Crippen LogP contribution in [0.1, 0.15) is 24.5 Å². The molecular weight excluding hydrogens is 421 g/mol. The van der Waals surface area contributed by atoms with E-state index in [4.69, 9.17) is 9.47 Å². The molecule has 0 amide bonds. The summed E-state index contributed by atoms with van der Waals surface area (Å²) in [5, 5.41) is 6.60. The Hall–Kier alpha value is -2.94. The molecule has 1 fully saturated rings. The minimum absolute atomic E-state index is 0.0691. The van der Waals surface area contributed by atoms with Crippen LogP contribution in [0, 0.1) is 17.5 Å². The van der Waals surface area contributed by atoms with E-state index in [9.17, 15) is 13.2 Å². The van der Waals surface area contributed by atoms with Crippen LogP contribution in [-0.4, -0.2) is 45.0 Å². The van der Waals surface area contributed by atoms with E-state index in [0.717, 1.165) is 18.1 Å². The average molecular weight is 448 g/mol. The SMILES string of the molecule is CCNC(=NCCc1cc(F)cc2c1OCOC2)NC1CCN(c2ccc(F)cc2F)C1. The Morgan fingerprint density at radius 3 is 2.88 bits per heavy atom. The molecule has 2 aromatic carbocycles. The molecule has 2 aliphatic heterocycles. The number of rotatable bonds is 6. The van der Waals surface area contributed by atoms with Crippen molar-refractivity contribution in [3.05, 3.63) is 58.9 Å². The summed E-state index contributed by atoms with van der Waals surface area (Å²) in [6.45, 7) is 4.84. The van der Waals surface area contributed by atoms with E-state index in [0.29, 0.717) is 62.2 Å². The van der Waals surface area contributed by atoms with Gasteiger partial charge in [0.15, 0.2) is 12.8 Å². The van der Waals surface area contributed by atoms with Gasteiger partial charge in [-0.3, -0.25) is 4.99 Å². The minimum atomic E-state index is -0.584. The minimum Gasteiger partial charge on any atom is -0.467 e. The van der Waals surface area contributed by atoms with Gasteiger partial charge in [0.1, 0.15) is 23.2 Å². The summed E-state index contributed by atoms with van der Waals surface area (Å²) in [6, 6.07) is 6.63. The van der Waals surface area contributed by atoms with Gasteiger partial charge in [0.2, 0.25) is 0 Å². The van der Waals surface area contributed by atoms with Crippen molar-refractivity contribution in [2.75, 3.05) is 37.9 Å². The number of aliphatic imine (C=N–C) groups is 1. The lowest BCUT2D eigenvalue weighted by molar-refractivity contribution is -0.0172. The fourth-order valence-corrected chi connectivity index (χ4v) is 4.08. The monoisotopic (exact) mass is 448 g/mol. The zero-order valence-corrected chi connectivity index (χ0v) is 18.0. The molecular formula is C23H27F3N4O2. The number of hydrogen-bond donors (Lipinski definition) is 2. The zero-order valence-electron chi connectivity index (χ0n) is 18.0. The third-order valence-corrected chi connectivity index (χ3v) is 5.53. The van der Waals surface area contributed by atoms with Crippen LogP contribution in [0.5, 0.6) is 5.75 Å². The largest absolute Gasteiger partial charge is 0.467 e. The lowest BCUT2D eigenvalue weighted by atomic mass is 10.1. The summed E-state index contributed by atoms with van der Waals surface area (Å²) >= 11 is 0. The highest BCUT2D eigenvalue weighted by Gasteiger charge is 2.25. The first kappa shape index (κ1) is 22.3. The highest BCUT2D eigenvalue weighted by Crippen LogP contribution is 2.30. The van der Waals surface area contributed by atoms with E-state index >= 15 is 0 Å². The molecule has 2 aliphatic rings. The smallest absolute Gasteiger partial charge is 0.191 e. The summed E-state index contributed by atoms with van der Waals surface area (Å²) in [4.78, 5) is 6.52. The molecule has 0 spiro atoms. The lowest BCUT2D eigenvalue weighted by Crippen LogP contribution is -2.44. The second kappa shape index (κ2) is 10.1. The first-order chi connectivity index (χ1) is 15.5. The topological polar surface area (TPSA) is 58.1 Å². The molecule has 2 heterocycles. The van der Waals surface area contributed by atoms with Crippen LogP contribution in [-0.2, 0) is 17.8 Å². The van der Waals surface area contributed by atoms with Crippen molar-refractivity contribution in [2.45, 2.75) is 32.4 Å². The second-order valence-electron chi connectivity index (χ2n) is 7.85. The molecule has 0 aromatic heterocycles. The van der Waals surface area contributed by atoms with Crippen LogP contribution in [0.15, 0.2) is 35.3 Å². The normalized spacial score (nSPS) is 18.3. The van der Waals surface area contributed by atoms with E-state index in [2.05, 4.69) is 15.6 Å². The number of nitrogens with zero attached hydrogens (tertiary/aromatic N) is 2. The van der Waals surface area contributed by atoms with Crippen molar-refractivity contribution in [3.8, 4) is 5.75 Å².